The number of nitrogens with zero attached hydrogens (tertiary/aromatic N) is 1. The predicted octanol–water partition coefficient (Wildman–Crippen LogP) is 2.28. The lowest BCUT2D eigenvalue weighted by molar-refractivity contribution is -0.137. The number of ether oxygens (including phenoxy) is 1. The number of carbonyl (C=O) groups excluding carboxylic acids is 1. The molecular weight excluding hydrogens is 226 g/mol. The van der Waals surface area contributed by atoms with Crippen LogP contribution in [-0.2, 0) is 16.0 Å². The summed E-state index contributed by atoms with van der Waals surface area (Å²) in [6.45, 7) is 2.22. The van der Waals surface area contributed by atoms with Crippen LogP contribution in [0, 0.1) is 0 Å². The zero-order valence-electron chi connectivity index (χ0n) is 11.3. The number of hydrogen-bond acceptors (Lipinski definition) is 3. The lowest BCUT2D eigenvalue weighted by Gasteiger charge is -2.20. The fourth-order valence-corrected chi connectivity index (χ4v) is 1.66. The third-order valence-corrected chi connectivity index (χ3v) is 2.69. The van der Waals surface area contributed by atoms with Crippen LogP contribution in [0.2, 0.25) is 0 Å². The summed E-state index contributed by atoms with van der Waals surface area (Å²) in [5.74, 6) is -0.280. The van der Waals surface area contributed by atoms with Crippen molar-refractivity contribution < 1.29 is 9.53 Å². The molecule has 0 heterocycles. The van der Waals surface area contributed by atoms with Crippen LogP contribution in [0.3, 0.4) is 0 Å². The van der Waals surface area contributed by atoms with Crippen LogP contribution >= 0.6 is 0 Å². The highest BCUT2D eigenvalue weighted by Crippen LogP contribution is 2.08. The first-order valence-electron chi connectivity index (χ1n) is 6.18. The number of esters is 1. The molecule has 0 aliphatic rings. The van der Waals surface area contributed by atoms with Crippen LogP contribution in [0.1, 0.15) is 12.5 Å². The van der Waals surface area contributed by atoms with Crippen LogP contribution in [-0.4, -0.2) is 37.6 Å². The van der Waals surface area contributed by atoms with Crippen molar-refractivity contribution in [1.82, 2.24) is 4.90 Å². The molecule has 0 radical (unpaired) electrons. The van der Waals surface area contributed by atoms with E-state index in [1.165, 1.54) is 11.6 Å². The Labute approximate surface area is 109 Å². The van der Waals surface area contributed by atoms with Crippen molar-refractivity contribution in [3.8, 4) is 0 Å². The van der Waals surface area contributed by atoms with E-state index in [-0.39, 0.29) is 12.0 Å². The number of rotatable bonds is 6. The van der Waals surface area contributed by atoms with Gasteiger partial charge in [-0.1, -0.05) is 36.4 Å². The first kappa shape index (κ1) is 14.5. The van der Waals surface area contributed by atoms with Crippen LogP contribution in [0.15, 0.2) is 42.5 Å². The Morgan fingerprint density at radius 1 is 1.33 bits per heavy atom. The zero-order chi connectivity index (χ0) is 13.4. The first-order chi connectivity index (χ1) is 8.63. The van der Waals surface area contributed by atoms with E-state index in [0.29, 0.717) is 6.61 Å². The summed E-state index contributed by atoms with van der Waals surface area (Å²) in [6, 6.07) is 10.4. The number of carbonyl (C=O) groups is 1. The van der Waals surface area contributed by atoms with Gasteiger partial charge in [0.05, 0.1) is 6.61 Å². The van der Waals surface area contributed by atoms with Gasteiger partial charge in [-0.25, -0.2) is 4.79 Å². The van der Waals surface area contributed by atoms with Gasteiger partial charge >= 0.3 is 5.97 Å². The summed E-state index contributed by atoms with van der Waals surface area (Å²) in [4.78, 5) is 13.4. The van der Waals surface area contributed by atoms with Crippen molar-refractivity contribution in [2.75, 3.05) is 20.7 Å². The van der Waals surface area contributed by atoms with Gasteiger partial charge in [-0.15, -0.1) is 0 Å². The van der Waals surface area contributed by atoms with Gasteiger partial charge in [0, 0.05) is 12.1 Å². The summed E-state index contributed by atoms with van der Waals surface area (Å²) in [6.07, 6.45) is 4.28. The molecule has 98 valence electrons. The molecule has 0 saturated carbocycles. The van der Waals surface area contributed by atoms with Gasteiger partial charge in [0.1, 0.15) is 0 Å². The van der Waals surface area contributed by atoms with Gasteiger partial charge in [-0.2, -0.15) is 0 Å². The molecule has 1 atom stereocenters. The second kappa shape index (κ2) is 7.67. The normalized spacial score (nSPS) is 12.9. The Hall–Kier alpha value is -1.61. The van der Waals surface area contributed by atoms with Gasteiger partial charge in [-0.05, 0) is 33.0 Å². The third-order valence-electron chi connectivity index (χ3n) is 2.69. The highest BCUT2D eigenvalue weighted by atomic mass is 16.5. The molecule has 0 N–H and O–H groups in total. The maximum atomic E-state index is 11.3. The molecule has 0 aliphatic carbocycles. The summed E-state index contributed by atoms with van der Waals surface area (Å²) in [5.41, 5.74) is 1.25. The molecule has 0 fully saturated rings. The minimum Gasteiger partial charge on any atom is -0.463 e. The SMILES string of the molecule is CCOC(=O)C=C[C@H](Cc1ccccc1)N(C)C. The quantitative estimate of drug-likeness (QED) is 0.570. The van der Waals surface area contributed by atoms with Gasteiger partial charge in [0.25, 0.3) is 0 Å². The van der Waals surface area contributed by atoms with Gasteiger partial charge in [-0.3, -0.25) is 0 Å². The molecule has 0 aromatic heterocycles. The van der Waals surface area contributed by atoms with Crippen molar-refractivity contribution in [3.05, 3.63) is 48.0 Å². The molecule has 0 unspecified atom stereocenters. The van der Waals surface area contributed by atoms with E-state index in [1.54, 1.807) is 6.92 Å². The molecule has 0 aliphatic heterocycles. The predicted molar refractivity (Wildman–Crippen MR) is 73.4 cm³/mol. The molecule has 0 saturated heterocycles. The molecule has 3 nitrogen and oxygen atoms in total. The highest BCUT2D eigenvalue weighted by Gasteiger charge is 2.09. The summed E-state index contributed by atoms with van der Waals surface area (Å²) < 4.78 is 4.88. The van der Waals surface area contributed by atoms with Gasteiger partial charge in [0.15, 0.2) is 0 Å². The minimum absolute atomic E-state index is 0.191. The van der Waals surface area contributed by atoms with Crippen molar-refractivity contribution in [2.24, 2.45) is 0 Å². The van der Waals surface area contributed by atoms with E-state index >= 15 is 0 Å². The molecule has 1 rings (SSSR count). The van der Waals surface area contributed by atoms with Crippen LogP contribution < -0.4 is 0 Å². The fourth-order valence-electron chi connectivity index (χ4n) is 1.66. The van der Waals surface area contributed by atoms with Gasteiger partial charge < -0.3 is 9.64 Å². The molecule has 1 aromatic rings. The molecule has 1 aromatic carbocycles. The summed E-state index contributed by atoms with van der Waals surface area (Å²) >= 11 is 0. The van der Waals surface area contributed by atoms with E-state index in [0.717, 1.165) is 6.42 Å². The van der Waals surface area contributed by atoms with E-state index in [9.17, 15) is 4.79 Å². The lowest BCUT2D eigenvalue weighted by Crippen LogP contribution is -2.28. The zero-order valence-corrected chi connectivity index (χ0v) is 11.3. The second-order valence-corrected chi connectivity index (χ2v) is 4.33. The minimum atomic E-state index is -0.280. The Morgan fingerprint density at radius 3 is 2.56 bits per heavy atom. The maximum Gasteiger partial charge on any atom is 0.330 e. The van der Waals surface area contributed by atoms with E-state index < -0.39 is 0 Å². The monoisotopic (exact) mass is 247 g/mol. The van der Waals surface area contributed by atoms with Crippen LogP contribution in [0.4, 0.5) is 0 Å². The first-order valence-corrected chi connectivity index (χ1v) is 6.18. The average Bonchev–Trinajstić information content (AvgIpc) is 2.35. The fraction of sp³-hybridized carbons (Fsp3) is 0.400. The Kier molecular flexibility index (Phi) is 6.15. The van der Waals surface area contributed by atoms with E-state index in [1.807, 2.05) is 38.4 Å². The Morgan fingerprint density at radius 2 is 2.00 bits per heavy atom. The smallest absolute Gasteiger partial charge is 0.330 e. The number of likely N-dealkylation sites (N-methyl/N-ethyl adjacent to an activating group) is 1. The van der Waals surface area contributed by atoms with E-state index in [4.69, 9.17) is 4.74 Å². The molecular formula is C15H21NO2. The van der Waals surface area contributed by atoms with Crippen molar-refractivity contribution in [2.45, 2.75) is 19.4 Å². The lowest BCUT2D eigenvalue weighted by atomic mass is 10.0. The summed E-state index contributed by atoms with van der Waals surface area (Å²) in [7, 11) is 4.01. The number of benzene rings is 1. The van der Waals surface area contributed by atoms with Crippen molar-refractivity contribution >= 4 is 5.97 Å². The van der Waals surface area contributed by atoms with Crippen molar-refractivity contribution in [3.63, 3.8) is 0 Å². The van der Waals surface area contributed by atoms with E-state index in [2.05, 4.69) is 17.0 Å². The molecule has 3 heteroatoms. The van der Waals surface area contributed by atoms with Gasteiger partial charge in [0.2, 0.25) is 0 Å². The third kappa shape index (κ3) is 5.15. The molecule has 18 heavy (non-hydrogen) atoms. The Balaban J connectivity index is 2.63. The molecule has 0 spiro atoms. The highest BCUT2D eigenvalue weighted by molar-refractivity contribution is 5.81. The second-order valence-electron chi connectivity index (χ2n) is 4.33. The number of hydrogen-bond donors (Lipinski definition) is 0. The van der Waals surface area contributed by atoms with Crippen LogP contribution in [0.5, 0.6) is 0 Å². The van der Waals surface area contributed by atoms with Crippen molar-refractivity contribution in [1.29, 1.82) is 0 Å². The average molecular weight is 247 g/mol. The molecule has 0 amide bonds. The maximum absolute atomic E-state index is 11.3. The topological polar surface area (TPSA) is 29.5 Å². The largest absolute Gasteiger partial charge is 0.463 e. The summed E-state index contributed by atoms with van der Waals surface area (Å²) in [5, 5.41) is 0. The molecule has 0 bridgehead atoms. The van der Waals surface area contributed by atoms with Crippen LogP contribution in [0.25, 0.3) is 0 Å². The standard InChI is InChI=1S/C15H21NO2/c1-4-18-15(17)11-10-14(16(2)3)12-13-8-6-5-7-9-13/h5-11,14H,4,12H2,1-3H3/t14-/m1/s1. The Bertz CT molecular complexity index is 385.